The van der Waals surface area contributed by atoms with Crippen LogP contribution in [-0.4, -0.2) is 5.91 Å². The van der Waals surface area contributed by atoms with Crippen LogP contribution < -0.4 is 11.1 Å². The second-order valence-electron chi connectivity index (χ2n) is 3.80. The highest BCUT2D eigenvalue weighted by Crippen LogP contribution is 2.19. The van der Waals surface area contributed by atoms with Crippen LogP contribution in [0.25, 0.3) is 0 Å². The highest BCUT2D eigenvalue weighted by atomic mass is 32.1. The van der Waals surface area contributed by atoms with Crippen LogP contribution in [0.5, 0.6) is 0 Å². The summed E-state index contributed by atoms with van der Waals surface area (Å²) in [6, 6.07) is 11.1. The van der Waals surface area contributed by atoms with Crippen LogP contribution in [0, 0.1) is 0 Å². The number of amides is 1. The summed E-state index contributed by atoms with van der Waals surface area (Å²) in [6.45, 7) is 1.96. The van der Waals surface area contributed by atoms with Crippen molar-refractivity contribution in [2.75, 3.05) is 5.73 Å². The molecule has 17 heavy (non-hydrogen) atoms. The van der Waals surface area contributed by atoms with Gasteiger partial charge in [0.05, 0.1) is 11.6 Å². The number of nitrogen functional groups attached to an aromatic ring is 1. The van der Waals surface area contributed by atoms with Gasteiger partial charge in [-0.15, -0.1) is 11.3 Å². The average Bonchev–Trinajstić information content (AvgIpc) is 2.82. The molecule has 0 unspecified atom stereocenters. The molecule has 1 aromatic heterocycles. The monoisotopic (exact) mass is 246 g/mol. The van der Waals surface area contributed by atoms with Crippen molar-refractivity contribution in [2.24, 2.45) is 0 Å². The lowest BCUT2D eigenvalue weighted by Gasteiger charge is -2.13. The number of hydrogen-bond acceptors (Lipinski definition) is 3. The number of nitrogens with two attached hydrogens (primary N) is 1. The van der Waals surface area contributed by atoms with Crippen LogP contribution in [0.1, 0.15) is 28.2 Å². The summed E-state index contributed by atoms with van der Waals surface area (Å²) < 4.78 is 0. The molecular weight excluding hydrogens is 232 g/mol. The highest BCUT2D eigenvalue weighted by Gasteiger charge is 2.13. The van der Waals surface area contributed by atoms with E-state index in [4.69, 9.17) is 5.73 Å². The Morgan fingerprint density at radius 2 is 2.06 bits per heavy atom. The van der Waals surface area contributed by atoms with Gasteiger partial charge in [-0.1, -0.05) is 18.2 Å². The average molecular weight is 246 g/mol. The number of nitrogens with one attached hydrogen (secondary N) is 1. The summed E-state index contributed by atoms with van der Waals surface area (Å²) in [7, 11) is 0. The van der Waals surface area contributed by atoms with Gasteiger partial charge in [-0.25, -0.2) is 0 Å². The molecule has 0 aliphatic rings. The van der Waals surface area contributed by atoms with E-state index in [1.165, 1.54) is 0 Å². The predicted octanol–water partition coefficient (Wildman–Crippen LogP) is 2.82. The smallest absolute Gasteiger partial charge is 0.253 e. The van der Waals surface area contributed by atoms with Gasteiger partial charge in [0.25, 0.3) is 5.91 Å². The fourth-order valence-corrected chi connectivity index (χ4v) is 2.32. The topological polar surface area (TPSA) is 55.1 Å². The fraction of sp³-hybridized carbons (Fsp3) is 0.154. The molecule has 2 rings (SSSR count). The van der Waals surface area contributed by atoms with Crippen molar-refractivity contribution in [1.29, 1.82) is 0 Å². The molecule has 0 spiro atoms. The molecule has 0 bridgehead atoms. The lowest BCUT2D eigenvalue weighted by Crippen LogP contribution is -2.26. The third-order valence-electron chi connectivity index (χ3n) is 2.52. The second-order valence-corrected chi connectivity index (χ2v) is 4.78. The Labute approximate surface area is 104 Å². The van der Waals surface area contributed by atoms with E-state index in [1.807, 2.05) is 30.5 Å². The Hall–Kier alpha value is -1.81. The molecule has 0 aliphatic carbocycles. The zero-order valence-electron chi connectivity index (χ0n) is 9.51. The minimum Gasteiger partial charge on any atom is -0.398 e. The van der Waals surface area contributed by atoms with Gasteiger partial charge >= 0.3 is 0 Å². The van der Waals surface area contributed by atoms with Crippen LogP contribution >= 0.6 is 11.3 Å². The molecule has 3 nitrogen and oxygen atoms in total. The zero-order chi connectivity index (χ0) is 12.3. The van der Waals surface area contributed by atoms with Crippen LogP contribution in [0.3, 0.4) is 0 Å². The van der Waals surface area contributed by atoms with E-state index < -0.39 is 0 Å². The molecule has 2 aromatic rings. The summed E-state index contributed by atoms with van der Waals surface area (Å²) in [4.78, 5) is 13.1. The van der Waals surface area contributed by atoms with Crippen LogP contribution in [0.15, 0.2) is 41.8 Å². The molecule has 0 fully saturated rings. The molecular formula is C13H14N2OS. The Balaban J connectivity index is 2.10. The molecule has 0 saturated heterocycles. The van der Waals surface area contributed by atoms with E-state index in [9.17, 15) is 4.79 Å². The SMILES string of the molecule is C[C@@H](NC(=O)c1ccccc1N)c1cccs1. The van der Waals surface area contributed by atoms with Crippen molar-refractivity contribution in [3.8, 4) is 0 Å². The number of carbonyl (C=O) groups is 1. The lowest BCUT2D eigenvalue weighted by molar-refractivity contribution is 0.0941. The molecule has 0 aliphatic heterocycles. The van der Waals surface area contributed by atoms with Crippen molar-refractivity contribution in [3.63, 3.8) is 0 Å². The molecule has 1 atom stereocenters. The molecule has 0 saturated carbocycles. The number of anilines is 1. The maximum absolute atomic E-state index is 12.0. The molecule has 4 heteroatoms. The van der Waals surface area contributed by atoms with Gasteiger partial charge in [-0.2, -0.15) is 0 Å². The van der Waals surface area contributed by atoms with Crippen LogP contribution in [0.2, 0.25) is 0 Å². The van der Waals surface area contributed by atoms with Crippen LogP contribution in [-0.2, 0) is 0 Å². The number of hydrogen-bond donors (Lipinski definition) is 2. The molecule has 88 valence electrons. The molecule has 3 N–H and O–H groups in total. The molecule has 0 radical (unpaired) electrons. The van der Waals surface area contributed by atoms with Gasteiger partial charge in [0.2, 0.25) is 0 Å². The highest BCUT2D eigenvalue weighted by molar-refractivity contribution is 7.10. The Morgan fingerprint density at radius 3 is 2.71 bits per heavy atom. The van der Waals surface area contributed by atoms with E-state index in [0.717, 1.165) is 4.88 Å². The Kier molecular flexibility index (Phi) is 3.44. The van der Waals surface area contributed by atoms with E-state index in [1.54, 1.807) is 29.5 Å². The number of para-hydroxylation sites is 1. The first-order chi connectivity index (χ1) is 8.18. The fourth-order valence-electron chi connectivity index (χ4n) is 1.59. The first-order valence-electron chi connectivity index (χ1n) is 5.37. The number of carbonyl (C=O) groups excluding carboxylic acids is 1. The van der Waals surface area contributed by atoms with Crippen LogP contribution in [0.4, 0.5) is 5.69 Å². The van der Waals surface area contributed by atoms with Gasteiger partial charge in [0.15, 0.2) is 0 Å². The van der Waals surface area contributed by atoms with Gasteiger partial charge in [0, 0.05) is 10.6 Å². The first-order valence-corrected chi connectivity index (χ1v) is 6.25. The molecule has 1 heterocycles. The Bertz CT molecular complexity index is 508. The van der Waals surface area contributed by atoms with E-state index in [-0.39, 0.29) is 11.9 Å². The summed E-state index contributed by atoms with van der Waals surface area (Å²) >= 11 is 1.63. The van der Waals surface area contributed by atoms with Gasteiger partial charge < -0.3 is 11.1 Å². The Morgan fingerprint density at radius 1 is 1.29 bits per heavy atom. The number of rotatable bonds is 3. The number of benzene rings is 1. The summed E-state index contributed by atoms with van der Waals surface area (Å²) in [5.74, 6) is -0.135. The maximum atomic E-state index is 12.0. The minimum atomic E-state index is -0.135. The normalized spacial score (nSPS) is 12.1. The van der Waals surface area contributed by atoms with Gasteiger partial charge in [-0.3, -0.25) is 4.79 Å². The standard InChI is InChI=1S/C13H14N2OS/c1-9(12-7-4-8-17-12)15-13(16)10-5-2-3-6-11(10)14/h2-9H,14H2,1H3,(H,15,16)/t9-/m1/s1. The zero-order valence-corrected chi connectivity index (χ0v) is 10.3. The van der Waals surface area contributed by atoms with Gasteiger partial charge in [-0.05, 0) is 30.5 Å². The van der Waals surface area contributed by atoms with E-state index in [0.29, 0.717) is 11.3 Å². The predicted molar refractivity (Wildman–Crippen MR) is 71.1 cm³/mol. The van der Waals surface area contributed by atoms with E-state index in [2.05, 4.69) is 5.32 Å². The van der Waals surface area contributed by atoms with Gasteiger partial charge in [0.1, 0.15) is 0 Å². The third-order valence-corrected chi connectivity index (χ3v) is 3.58. The van der Waals surface area contributed by atoms with Crippen molar-refractivity contribution in [2.45, 2.75) is 13.0 Å². The summed E-state index contributed by atoms with van der Waals surface area (Å²) in [6.07, 6.45) is 0. The molecule has 1 amide bonds. The quantitative estimate of drug-likeness (QED) is 0.818. The summed E-state index contributed by atoms with van der Waals surface area (Å²) in [5.41, 5.74) is 6.78. The first kappa shape index (κ1) is 11.7. The van der Waals surface area contributed by atoms with E-state index >= 15 is 0 Å². The minimum absolute atomic E-state index is 0.00195. The second kappa shape index (κ2) is 5.01. The number of thiophene rings is 1. The molecule has 1 aromatic carbocycles. The van der Waals surface area contributed by atoms with Crippen molar-refractivity contribution < 1.29 is 4.79 Å². The maximum Gasteiger partial charge on any atom is 0.253 e. The third kappa shape index (κ3) is 2.65. The van der Waals surface area contributed by atoms with Crippen molar-refractivity contribution in [3.05, 3.63) is 52.2 Å². The van der Waals surface area contributed by atoms with Crippen molar-refractivity contribution in [1.82, 2.24) is 5.32 Å². The largest absolute Gasteiger partial charge is 0.398 e. The summed E-state index contributed by atoms with van der Waals surface area (Å²) in [5, 5.41) is 4.93. The lowest BCUT2D eigenvalue weighted by atomic mass is 10.1. The van der Waals surface area contributed by atoms with Crippen molar-refractivity contribution >= 4 is 22.9 Å².